The van der Waals surface area contributed by atoms with E-state index >= 15 is 0 Å². The van der Waals surface area contributed by atoms with Gasteiger partial charge in [-0.3, -0.25) is 9.00 Å². The molecule has 1 rings (SSSR count). The molecule has 0 bridgehead atoms. The molecule has 1 saturated carbocycles. The minimum Gasteiger partial charge on any atom is -0.481 e. The van der Waals surface area contributed by atoms with Gasteiger partial charge in [0, 0.05) is 34.9 Å². The smallest absolute Gasteiger partial charge is 0.315 e. The number of hydrogen-bond acceptors (Lipinski definition) is 3. The molecule has 0 aromatic rings. The third kappa shape index (κ3) is 4.64. The molecule has 2 amide bonds. The highest BCUT2D eigenvalue weighted by atomic mass is 32.2. The Labute approximate surface area is 109 Å². The molecule has 4 unspecified atom stereocenters. The third-order valence-corrected chi connectivity index (χ3v) is 4.53. The van der Waals surface area contributed by atoms with E-state index in [-0.39, 0.29) is 23.2 Å². The minimum atomic E-state index is -0.963. The van der Waals surface area contributed by atoms with Gasteiger partial charge in [0.05, 0.1) is 5.92 Å². The highest BCUT2D eigenvalue weighted by Gasteiger charge is 2.30. The van der Waals surface area contributed by atoms with Crippen LogP contribution in [-0.4, -0.2) is 45.4 Å². The van der Waals surface area contributed by atoms with E-state index in [0.29, 0.717) is 25.8 Å². The molecule has 3 N–H and O–H groups in total. The summed E-state index contributed by atoms with van der Waals surface area (Å²) >= 11 is 0. The average Bonchev–Trinajstić information content (AvgIpc) is 2.74. The Balaban J connectivity index is 2.25. The lowest BCUT2D eigenvalue weighted by atomic mass is 10.1. The summed E-state index contributed by atoms with van der Waals surface area (Å²) < 4.78 is 11.1. The maximum Gasteiger partial charge on any atom is 0.315 e. The predicted octanol–water partition coefficient (Wildman–Crippen LogP) is 0.306. The molecule has 7 heteroatoms. The van der Waals surface area contributed by atoms with Crippen molar-refractivity contribution >= 4 is 22.8 Å². The SMILES string of the molecule is CC(CNC(=O)NC1CCC(C(=O)O)C1)S(C)=O. The first kappa shape index (κ1) is 14.9. The largest absolute Gasteiger partial charge is 0.481 e. The Hall–Kier alpha value is -1.11. The van der Waals surface area contributed by atoms with Crippen LogP contribution in [-0.2, 0) is 15.6 Å². The normalized spacial score (nSPS) is 26.3. The van der Waals surface area contributed by atoms with Gasteiger partial charge in [-0.05, 0) is 26.2 Å². The molecule has 4 atom stereocenters. The predicted molar refractivity (Wildman–Crippen MR) is 68.8 cm³/mol. The number of aliphatic carboxylic acids is 1. The molecule has 0 radical (unpaired) electrons. The van der Waals surface area contributed by atoms with Crippen molar-refractivity contribution in [1.29, 1.82) is 0 Å². The molecule has 0 heterocycles. The van der Waals surface area contributed by atoms with E-state index in [4.69, 9.17) is 5.11 Å². The van der Waals surface area contributed by atoms with E-state index in [0.717, 1.165) is 0 Å². The monoisotopic (exact) mass is 276 g/mol. The zero-order valence-electron chi connectivity index (χ0n) is 10.6. The molecule has 0 aliphatic heterocycles. The number of hydrogen-bond donors (Lipinski definition) is 3. The molecule has 0 aromatic carbocycles. The molecule has 0 spiro atoms. The van der Waals surface area contributed by atoms with Gasteiger partial charge >= 0.3 is 12.0 Å². The first-order chi connectivity index (χ1) is 8.40. The van der Waals surface area contributed by atoms with Crippen LogP contribution in [0.25, 0.3) is 0 Å². The second kappa shape index (κ2) is 6.72. The molecule has 1 aliphatic rings. The van der Waals surface area contributed by atoms with Crippen molar-refractivity contribution in [3.8, 4) is 0 Å². The van der Waals surface area contributed by atoms with E-state index in [2.05, 4.69) is 10.6 Å². The van der Waals surface area contributed by atoms with Crippen molar-refractivity contribution in [1.82, 2.24) is 10.6 Å². The third-order valence-electron chi connectivity index (χ3n) is 3.23. The van der Waals surface area contributed by atoms with E-state index in [1.54, 1.807) is 13.2 Å². The summed E-state index contributed by atoms with van der Waals surface area (Å²) in [5.74, 6) is -1.15. The molecule has 6 nitrogen and oxygen atoms in total. The van der Waals surface area contributed by atoms with Crippen molar-refractivity contribution in [3.05, 3.63) is 0 Å². The van der Waals surface area contributed by atoms with Crippen molar-refractivity contribution in [2.24, 2.45) is 5.92 Å². The van der Waals surface area contributed by atoms with Crippen molar-refractivity contribution in [2.45, 2.75) is 37.5 Å². The Morgan fingerprint density at radius 2 is 2.11 bits per heavy atom. The molecule has 104 valence electrons. The van der Waals surface area contributed by atoms with Crippen LogP contribution in [0.1, 0.15) is 26.2 Å². The lowest BCUT2D eigenvalue weighted by molar-refractivity contribution is -0.141. The van der Waals surface area contributed by atoms with Crippen LogP contribution >= 0.6 is 0 Å². The molecule has 1 fully saturated rings. The van der Waals surface area contributed by atoms with Crippen molar-refractivity contribution in [2.75, 3.05) is 12.8 Å². The Kier molecular flexibility index (Phi) is 5.58. The summed E-state index contributed by atoms with van der Waals surface area (Å²) in [6.07, 6.45) is 3.38. The van der Waals surface area contributed by atoms with E-state index in [1.807, 2.05) is 0 Å². The van der Waals surface area contributed by atoms with Crippen LogP contribution in [0.2, 0.25) is 0 Å². The second-order valence-electron chi connectivity index (χ2n) is 4.71. The van der Waals surface area contributed by atoms with E-state index < -0.39 is 16.8 Å². The molecule has 1 aliphatic carbocycles. The van der Waals surface area contributed by atoms with Gasteiger partial charge in [-0.1, -0.05) is 0 Å². The fourth-order valence-corrected chi connectivity index (χ4v) is 2.25. The molecular weight excluding hydrogens is 256 g/mol. The zero-order valence-corrected chi connectivity index (χ0v) is 11.5. The summed E-state index contributed by atoms with van der Waals surface area (Å²) in [5.41, 5.74) is 0. The van der Waals surface area contributed by atoms with E-state index in [1.165, 1.54) is 0 Å². The van der Waals surface area contributed by atoms with Gasteiger partial charge in [0.2, 0.25) is 0 Å². The second-order valence-corrected chi connectivity index (χ2v) is 6.51. The van der Waals surface area contributed by atoms with Gasteiger partial charge in [0.25, 0.3) is 0 Å². The van der Waals surface area contributed by atoms with Crippen LogP contribution in [0, 0.1) is 5.92 Å². The van der Waals surface area contributed by atoms with Crippen LogP contribution in [0.4, 0.5) is 4.79 Å². The molecule has 0 saturated heterocycles. The number of carbonyl (C=O) groups is 2. The first-order valence-electron chi connectivity index (χ1n) is 5.99. The fraction of sp³-hybridized carbons (Fsp3) is 0.818. The maximum absolute atomic E-state index is 11.5. The van der Waals surface area contributed by atoms with Gasteiger partial charge in [-0.15, -0.1) is 0 Å². The van der Waals surface area contributed by atoms with Crippen LogP contribution in [0.3, 0.4) is 0 Å². The Bertz CT molecular complexity index is 348. The number of rotatable bonds is 5. The molecule has 0 aromatic heterocycles. The van der Waals surface area contributed by atoms with Crippen LogP contribution < -0.4 is 10.6 Å². The standard InChI is InChI=1S/C11H20N2O4S/c1-7(18(2)17)6-12-11(16)13-9-4-3-8(5-9)10(14)15/h7-9H,3-6H2,1-2H3,(H,14,15)(H2,12,13,16). The van der Waals surface area contributed by atoms with Gasteiger partial charge in [-0.25, -0.2) is 4.79 Å². The maximum atomic E-state index is 11.5. The molecular formula is C11H20N2O4S. The first-order valence-corrected chi connectivity index (χ1v) is 7.61. The number of urea groups is 1. The molecule has 18 heavy (non-hydrogen) atoms. The highest BCUT2D eigenvalue weighted by molar-refractivity contribution is 7.84. The number of amides is 2. The van der Waals surface area contributed by atoms with Gasteiger partial charge in [-0.2, -0.15) is 0 Å². The van der Waals surface area contributed by atoms with Crippen LogP contribution in [0.15, 0.2) is 0 Å². The lowest BCUT2D eigenvalue weighted by Crippen LogP contribution is -2.44. The minimum absolute atomic E-state index is 0.0754. The summed E-state index contributed by atoms with van der Waals surface area (Å²) in [5, 5.41) is 14.1. The number of carboxylic acids is 1. The summed E-state index contributed by atoms with van der Waals surface area (Å²) in [4.78, 5) is 22.3. The Morgan fingerprint density at radius 1 is 1.44 bits per heavy atom. The summed E-state index contributed by atoms with van der Waals surface area (Å²) in [6.45, 7) is 2.15. The van der Waals surface area contributed by atoms with Crippen molar-refractivity contribution < 1.29 is 18.9 Å². The number of carbonyl (C=O) groups excluding carboxylic acids is 1. The van der Waals surface area contributed by atoms with Gasteiger partial charge in [0.1, 0.15) is 0 Å². The van der Waals surface area contributed by atoms with Crippen molar-refractivity contribution in [3.63, 3.8) is 0 Å². The Morgan fingerprint density at radius 3 is 2.61 bits per heavy atom. The topological polar surface area (TPSA) is 95.5 Å². The fourth-order valence-electron chi connectivity index (χ4n) is 1.93. The number of nitrogens with one attached hydrogen (secondary N) is 2. The van der Waals surface area contributed by atoms with E-state index in [9.17, 15) is 13.8 Å². The summed E-state index contributed by atoms with van der Waals surface area (Å²) in [6, 6.07) is -0.392. The lowest BCUT2D eigenvalue weighted by Gasteiger charge is -2.15. The van der Waals surface area contributed by atoms with Crippen LogP contribution in [0.5, 0.6) is 0 Å². The summed E-state index contributed by atoms with van der Waals surface area (Å²) in [7, 11) is -0.963. The van der Waals surface area contributed by atoms with Gasteiger partial charge in [0.15, 0.2) is 0 Å². The van der Waals surface area contributed by atoms with Gasteiger partial charge < -0.3 is 15.7 Å². The number of carboxylic acid groups (broad SMARTS) is 1. The highest BCUT2D eigenvalue weighted by Crippen LogP contribution is 2.25. The zero-order chi connectivity index (χ0) is 13.7. The average molecular weight is 276 g/mol. The quantitative estimate of drug-likeness (QED) is 0.673.